The molecule has 0 saturated carbocycles. The fourth-order valence-corrected chi connectivity index (χ4v) is 1.28. The van der Waals surface area contributed by atoms with Crippen molar-refractivity contribution in [3.63, 3.8) is 0 Å². The minimum atomic E-state index is 0.769. The Bertz CT molecular complexity index is 164. The lowest BCUT2D eigenvalue weighted by Crippen LogP contribution is -1.91. The summed E-state index contributed by atoms with van der Waals surface area (Å²) in [6.45, 7) is 0.769. The highest BCUT2D eigenvalue weighted by Gasteiger charge is 1.92. The van der Waals surface area contributed by atoms with Crippen LogP contribution in [0.15, 0.2) is 17.6 Å². The summed E-state index contributed by atoms with van der Waals surface area (Å²) < 4.78 is 4.88. The van der Waals surface area contributed by atoms with E-state index in [0.717, 1.165) is 17.5 Å². The van der Waals surface area contributed by atoms with Crippen LogP contribution in [0.2, 0.25) is 0 Å². The summed E-state index contributed by atoms with van der Waals surface area (Å²) in [6.07, 6.45) is 3.56. The number of aromatic nitrogens is 2. The summed E-state index contributed by atoms with van der Waals surface area (Å²) >= 11 is 1.66. The van der Waals surface area contributed by atoms with E-state index in [-0.39, 0.29) is 0 Å². The van der Waals surface area contributed by atoms with Crippen LogP contribution in [-0.2, 0) is 4.74 Å². The Morgan fingerprint density at radius 3 is 3.30 bits per heavy atom. The maximum absolute atomic E-state index is 4.88. The minimum absolute atomic E-state index is 0.769. The third kappa shape index (κ3) is 2.41. The second kappa shape index (κ2) is 4.35. The van der Waals surface area contributed by atoms with Gasteiger partial charge in [0.15, 0.2) is 5.16 Å². The van der Waals surface area contributed by atoms with Crippen LogP contribution in [0, 0.1) is 0 Å². The third-order valence-corrected chi connectivity index (χ3v) is 1.87. The highest BCUT2D eigenvalue weighted by Crippen LogP contribution is 2.09. The van der Waals surface area contributed by atoms with E-state index in [1.54, 1.807) is 25.1 Å². The fourth-order valence-electron chi connectivity index (χ4n) is 0.551. The molecule has 10 heavy (non-hydrogen) atoms. The monoisotopic (exact) mass is 158 g/mol. The molecule has 1 heterocycles. The lowest BCUT2D eigenvalue weighted by atomic mass is 10.9. The Balaban J connectivity index is 2.15. The molecule has 0 fully saturated rings. The maximum atomic E-state index is 4.88. The van der Waals surface area contributed by atoms with Crippen LogP contribution in [0.3, 0.4) is 0 Å². The number of H-pyrrole nitrogens is 1. The number of methoxy groups -OCH3 is 1. The molecular weight excluding hydrogens is 148 g/mol. The van der Waals surface area contributed by atoms with Crippen molar-refractivity contribution in [1.82, 2.24) is 9.97 Å². The summed E-state index contributed by atoms with van der Waals surface area (Å²) in [5.74, 6) is 0.948. The lowest BCUT2D eigenvalue weighted by molar-refractivity contribution is 0.218. The fraction of sp³-hybridized carbons (Fsp3) is 0.500. The molecule has 0 spiro atoms. The number of ether oxygens (including phenoxy) is 1. The number of hydrogen-bond donors (Lipinski definition) is 1. The smallest absolute Gasteiger partial charge is 0.165 e. The van der Waals surface area contributed by atoms with E-state index < -0.39 is 0 Å². The van der Waals surface area contributed by atoms with E-state index >= 15 is 0 Å². The SMILES string of the molecule is COCCSc1ncc[nH]1. The third-order valence-electron chi connectivity index (χ3n) is 0.999. The van der Waals surface area contributed by atoms with Crippen LogP contribution in [0.5, 0.6) is 0 Å². The first-order valence-electron chi connectivity index (χ1n) is 3.04. The Hall–Kier alpha value is -0.480. The second-order valence-electron chi connectivity index (χ2n) is 1.74. The van der Waals surface area contributed by atoms with Crippen LogP contribution in [-0.4, -0.2) is 29.4 Å². The molecule has 3 nitrogen and oxygen atoms in total. The predicted octanol–water partition coefficient (Wildman–Crippen LogP) is 1.15. The Morgan fingerprint density at radius 2 is 2.70 bits per heavy atom. The standard InChI is InChI=1S/C6H10N2OS/c1-9-4-5-10-6-7-2-3-8-6/h2-3H,4-5H2,1H3,(H,7,8). The molecule has 0 amide bonds. The number of hydrogen-bond acceptors (Lipinski definition) is 3. The number of rotatable bonds is 4. The highest BCUT2D eigenvalue weighted by molar-refractivity contribution is 7.99. The molecule has 1 aromatic rings. The quantitative estimate of drug-likeness (QED) is 0.527. The van der Waals surface area contributed by atoms with E-state index in [9.17, 15) is 0 Å². The van der Waals surface area contributed by atoms with Crippen molar-refractivity contribution in [3.05, 3.63) is 12.4 Å². The van der Waals surface area contributed by atoms with Crippen LogP contribution in [0.1, 0.15) is 0 Å². The number of imidazole rings is 1. The van der Waals surface area contributed by atoms with Gasteiger partial charge in [0.1, 0.15) is 0 Å². The zero-order valence-electron chi connectivity index (χ0n) is 5.83. The topological polar surface area (TPSA) is 37.9 Å². The van der Waals surface area contributed by atoms with E-state index in [1.807, 2.05) is 6.20 Å². The van der Waals surface area contributed by atoms with Crippen molar-refractivity contribution in [2.75, 3.05) is 19.5 Å². The number of nitrogens with one attached hydrogen (secondary N) is 1. The van der Waals surface area contributed by atoms with Gasteiger partial charge in [0.25, 0.3) is 0 Å². The van der Waals surface area contributed by atoms with Gasteiger partial charge in [-0.25, -0.2) is 4.98 Å². The molecule has 56 valence electrons. The Morgan fingerprint density at radius 1 is 1.80 bits per heavy atom. The average molecular weight is 158 g/mol. The number of aromatic amines is 1. The molecule has 4 heteroatoms. The number of nitrogens with zero attached hydrogens (tertiary/aromatic N) is 1. The summed E-state index contributed by atoms with van der Waals surface area (Å²) in [7, 11) is 1.70. The molecule has 1 N–H and O–H groups in total. The van der Waals surface area contributed by atoms with Gasteiger partial charge in [0.2, 0.25) is 0 Å². The molecule has 0 aliphatic carbocycles. The molecule has 0 saturated heterocycles. The number of thioether (sulfide) groups is 1. The Kier molecular flexibility index (Phi) is 3.32. The zero-order valence-corrected chi connectivity index (χ0v) is 6.65. The van der Waals surface area contributed by atoms with E-state index in [1.165, 1.54) is 0 Å². The van der Waals surface area contributed by atoms with Crippen molar-refractivity contribution >= 4 is 11.8 Å². The van der Waals surface area contributed by atoms with Crippen LogP contribution in [0.25, 0.3) is 0 Å². The van der Waals surface area contributed by atoms with E-state index in [2.05, 4.69) is 9.97 Å². The second-order valence-corrected chi connectivity index (χ2v) is 2.82. The zero-order chi connectivity index (χ0) is 7.23. The summed E-state index contributed by atoms with van der Waals surface area (Å²) in [5, 5.41) is 0.956. The van der Waals surface area contributed by atoms with Gasteiger partial charge in [-0.1, -0.05) is 11.8 Å². The van der Waals surface area contributed by atoms with E-state index in [0.29, 0.717) is 0 Å². The van der Waals surface area contributed by atoms with Gasteiger partial charge in [-0.2, -0.15) is 0 Å². The molecule has 0 aliphatic heterocycles. The van der Waals surface area contributed by atoms with Gasteiger partial charge in [0.05, 0.1) is 6.61 Å². The lowest BCUT2D eigenvalue weighted by Gasteiger charge is -1.94. The van der Waals surface area contributed by atoms with Crippen molar-refractivity contribution in [2.24, 2.45) is 0 Å². The van der Waals surface area contributed by atoms with Gasteiger partial charge in [0, 0.05) is 25.3 Å². The van der Waals surface area contributed by atoms with Gasteiger partial charge in [-0.3, -0.25) is 0 Å². The first-order chi connectivity index (χ1) is 4.93. The molecule has 0 atom stereocenters. The molecule has 1 aromatic heterocycles. The normalized spacial score (nSPS) is 10.1. The summed E-state index contributed by atoms with van der Waals surface area (Å²) in [4.78, 5) is 7.03. The van der Waals surface area contributed by atoms with Crippen molar-refractivity contribution in [3.8, 4) is 0 Å². The van der Waals surface area contributed by atoms with Crippen LogP contribution < -0.4 is 0 Å². The van der Waals surface area contributed by atoms with Crippen molar-refractivity contribution in [2.45, 2.75) is 5.16 Å². The van der Waals surface area contributed by atoms with Crippen molar-refractivity contribution in [1.29, 1.82) is 0 Å². The van der Waals surface area contributed by atoms with Crippen LogP contribution in [0.4, 0.5) is 0 Å². The van der Waals surface area contributed by atoms with E-state index in [4.69, 9.17) is 4.74 Å². The predicted molar refractivity (Wildman–Crippen MR) is 41.2 cm³/mol. The van der Waals surface area contributed by atoms with Crippen molar-refractivity contribution < 1.29 is 4.74 Å². The highest BCUT2D eigenvalue weighted by atomic mass is 32.2. The van der Waals surface area contributed by atoms with Gasteiger partial charge in [-0.15, -0.1) is 0 Å². The largest absolute Gasteiger partial charge is 0.384 e. The first-order valence-corrected chi connectivity index (χ1v) is 4.03. The molecule has 0 bridgehead atoms. The van der Waals surface area contributed by atoms with Crippen LogP contribution >= 0.6 is 11.8 Å². The molecule has 0 aliphatic rings. The van der Waals surface area contributed by atoms with Gasteiger partial charge < -0.3 is 9.72 Å². The molecule has 0 aromatic carbocycles. The maximum Gasteiger partial charge on any atom is 0.165 e. The molecule has 0 radical (unpaired) electrons. The van der Waals surface area contributed by atoms with Gasteiger partial charge >= 0.3 is 0 Å². The molecule has 1 rings (SSSR count). The minimum Gasteiger partial charge on any atom is -0.384 e. The Labute approximate surface area is 64.2 Å². The summed E-state index contributed by atoms with van der Waals surface area (Å²) in [5.41, 5.74) is 0. The average Bonchev–Trinajstić information content (AvgIpc) is 2.41. The molecular formula is C6H10N2OS. The summed E-state index contributed by atoms with van der Waals surface area (Å²) in [6, 6.07) is 0. The molecule has 0 unspecified atom stereocenters. The first kappa shape index (κ1) is 7.63. The van der Waals surface area contributed by atoms with Gasteiger partial charge in [-0.05, 0) is 0 Å².